The summed E-state index contributed by atoms with van der Waals surface area (Å²) in [7, 11) is 1.55. The van der Waals surface area contributed by atoms with Crippen LogP contribution in [0.5, 0.6) is 5.75 Å². The highest BCUT2D eigenvalue weighted by atomic mass is 79.9. The summed E-state index contributed by atoms with van der Waals surface area (Å²) in [6.45, 7) is 0. The van der Waals surface area contributed by atoms with Gasteiger partial charge in [0, 0.05) is 17.7 Å². The first-order valence-corrected chi connectivity index (χ1v) is 7.11. The summed E-state index contributed by atoms with van der Waals surface area (Å²) < 4.78 is 5.79. The van der Waals surface area contributed by atoms with Gasteiger partial charge >= 0.3 is 0 Å². The quantitative estimate of drug-likeness (QED) is 0.345. The fourth-order valence-corrected chi connectivity index (χ4v) is 2.37. The van der Waals surface area contributed by atoms with Crippen molar-refractivity contribution in [3.05, 3.63) is 74.3 Å². The number of nitro groups is 1. The van der Waals surface area contributed by atoms with Crippen LogP contribution in [0.15, 0.2) is 53.0 Å². The Morgan fingerprint density at radius 3 is 2.68 bits per heavy atom. The molecule has 0 aromatic heterocycles. The molecule has 2 aromatic rings. The lowest BCUT2D eigenvalue weighted by molar-refractivity contribution is -0.384. The van der Waals surface area contributed by atoms with E-state index in [1.165, 1.54) is 18.2 Å². The number of allylic oxidation sites excluding steroid dienone is 1. The maximum Gasteiger partial charge on any atom is 0.270 e. The van der Waals surface area contributed by atoms with Crippen LogP contribution in [0.4, 0.5) is 5.69 Å². The third-order valence-electron chi connectivity index (χ3n) is 2.94. The number of hydrogen-bond acceptors (Lipinski definition) is 4. The first-order valence-electron chi connectivity index (χ1n) is 6.31. The normalized spacial score (nSPS) is 10.6. The van der Waals surface area contributed by atoms with Crippen LogP contribution in [-0.2, 0) is 0 Å². The number of hydrogen-bond donors (Lipinski definition) is 0. The van der Waals surface area contributed by atoms with Crippen LogP contribution in [0.3, 0.4) is 0 Å². The maximum atomic E-state index is 12.1. The molecule has 22 heavy (non-hydrogen) atoms. The molecule has 0 atom stereocenters. The Kier molecular flexibility index (Phi) is 5.06. The molecule has 0 unspecified atom stereocenters. The predicted molar refractivity (Wildman–Crippen MR) is 87.2 cm³/mol. The van der Waals surface area contributed by atoms with Crippen molar-refractivity contribution >= 4 is 33.5 Å². The zero-order valence-electron chi connectivity index (χ0n) is 11.7. The molecular formula is C16H12BrNO4. The third-order valence-corrected chi connectivity index (χ3v) is 3.56. The summed E-state index contributed by atoms with van der Waals surface area (Å²) >= 11 is 3.32. The van der Waals surface area contributed by atoms with Gasteiger partial charge in [-0.1, -0.05) is 18.2 Å². The number of nitro benzene ring substituents is 1. The van der Waals surface area contributed by atoms with Gasteiger partial charge in [0.2, 0.25) is 0 Å². The average Bonchev–Trinajstić information content (AvgIpc) is 2.52. The fourth-order valence-electron chi connectivity index (χ4n) is 1.83. The fraction of sp³-hybridized carbons (Fsp3) is 0.0625. The Hall–Kier alpha value is -2.47. The molecule has 6 heteroatoms. The van der Waals surface area contributed by atoms with E-state index in [4.69, 9.17) is 4.74 Å². The lowest BCUT2D eigenvalue weighted by Crippen LogP contribution is -1.95. The largest absolute Gasteiger partial charge is 0.496 e. The smallest absolute Gasteiger partial charge is 0.270 e. The van der Waals surface area contributed by atoms with Crippen LogP contribution < -0.4 is 4.74 Å². The summed E-state index contributed by atoms with van der Waals surface area (Å²) in [6.07, 6.45) is 2.93. The van der Waals surface area contributed by atoms with E-state index in [9.17, 15) is 14.9 Å². The molecule has 0 amide bonds. The van der Waals surface area contributed by atoms with Gasteiger partial charge in [0.15, 0.2) is 5.78 Å². The lowest BCUT2D eigenvalue weighted by Gasteiger charge is -2.04. The number of non-ortho nitro benzene ring substituents is 1. The average molecular weight is 362 g/mol. The molecule has 112 valence electrons. The Morgan fingerprint density at radius 1 is 1.27 bits per heavy atom. The van der Waals surface area contributed by atoms with E-state index in [0.29, 0.717) is 21.3 Å². The number of ketones is 1. The topological polar surface area (TPSA) is 69.4 Å². The molecule has 0 saturated heterocycles. The van der Waals surface area contributed by atoms with Gasteiger partial charge in [-0.25, -0.2) is 0 Å². The van der Waals surface area contributed by atoms with Crippen molar-refractivity contribution < 1.29 is 14.5 Å². The Labute approximate surface area is 135 Å². The predicted octanol–water partition coefficient (Wildman–Crippen LogP) is 4.26. The van der Waals surface area contributed by atoms with Crippen LogP contribution in [0.2, 0.25) is 0 Å². The molecule has 5 nitrogen and oxygen atoms in total. The van der Waals surface area contributed by atoms with Gasteiger partial charge in [-0.2, -0.15) is 0 Å². The highest BCUT2D eigenvalue weighted by Crippen LogP contribution is 2.26. The number of ether oxygens (including phenoxy) is 1. The second-order valence-corrected chi connectivity index (χ2v) is 5.25. The first kappa shape index (κ1) is 15.9. The van der Waals surface area contributed by atoms with Crippen LogP contribution >= 0.6 is 15.9 Å². The van der Waals surface area contributed by atoms with Crippen LogP contribution in [0, 0.1) is 10.1 Å². The van der Waals surface area contributed by atoms with Crippen molar-refractivity contribution in [3.63, 3.8) is 0 Å². The highest BCUT2D eigenvalue weighted by molar-refractivity contribution is 9.10. The Balaban J connectivity index is 2.19. The molecule has 0 N–H and O–H groups in total. The van der Waals surface area contributed by atoms with Crippen molar-refractivity contribution in [2.75, 3.05) is 7.11 Å². The van der Waals surface area contributed by atoms with Crippen molar-refractivity contribution in [2.45, 2.75) is 0 Å². The number of halogens is 1. The number of methoxy groups -OCH3 is 1. The van der Waals surface area contributed by atoms with Crippen molar-refractivity contribution in [3.8, 4) is 5.75 Å². The zero-order chi connectivity index (χ0) is 16.1. The second-order valence-electron chi connectivity index (χ2n) is 4.40. The van der Waals surface area contributed by atoms with Gasteiger partial charge in [0.1, 0.15) is 5.75 Å². The molecule has 0 fully saturated rings. The van der Waals surface area contributed by atoms with E-state index in [2.05, 4.69) is 15.9 Å². The van der Waals surface area contributed by atoms with Gasteiger partial charge in [0.25, 0.3) is 5.69 Å². The number of carbonyl (C=O) groups excluding carboxylic acids is 1. The van der Waals surface area contributed by atoms with Crippen molar-refractivity contribution in [2.24, 2.45) is 0 Å². The number of nitrogens with zero attached hydrogens (tertiary/aromatic N) is 1. The second kappa shape index (κ2) is 7.00. The molecule has 0 heterocycles. The highest BCUT2D eigenvalue weighted by Gasteiger charge is 2.07. The van der Waals surface area contributed by atoms with Gasteiger partial charge < -0.3 is 4.74 Å². The maximum absolute atomic E-state index is 12.1. The summed E-state index contributed by atoms with van der Waals surface area (Å²) in [5, 5.41) is 10.7. The van der Waals surface area contributed by atoms with Crippen LogP contribution in [0.25, 0.3) is 6.08 Å². The minimum atomic E-state index is -0.472. The standard InChI is InChI=1S/C16H12BrNO4/c1-22-16-8-6-12(10-14(16)17)15(19)7-5-11-3-2-4-13(9-11)18(20)21/h2-10H,1H3/b7-5+. The number of benzene rings is 2. The lowest BCUT2D eigenvalue weighted by atomic mass is 10.1. The van der Waals surface area contributed by atoms with Gasteiger partial charge in [-0.05, 0) is 45.8 Å². The summed E-state index contributed by atoms with van der Waals surface area (Å²) in [4.78, 5) is 22.3. The molecule has 0 spiro atoms. The van der Waals surface area contributed by atoms with E-state index in [0.717, 1.165) is 0 Å². The summed E-state index contributed by atoms with van der Waals surface area (Å²) in [5.41, 5.74) is 1.08. The Morgan fingerprint density at radius 2 is 2.05 bits per heavy atom. The van der Waals surface area contributed by atoms with Gasteiger partial charge in [-0.3, -0.25) is 14.9 Å². The minimum Gasteiger partial charge on any atom is -0.496 e. The number of carbonyl (C=O) groups is 1. The molecule has 0 aliphatic carbocycles. The molecule has 0 aliphatic rings. The molecular weight excluding hydrogens is 350 g/mol. The summed E-state index contributed by atoms with van der Waals surface area (Å²) in [6, 6.07) is 11.1. The summed E-state index contributed by atoms with van der Waals surface area (Å²) in [5.74, 6) is 0.439. The van der Waals surface area contributed by atoms with E-state index >= 15 is 0 Å². The monoisotopic (exact) mass is 361 g/mol. The van der Waals surface area contributed by atoms with Crippen molar-refractivity contribution in [1.29, 1.82) is 0 Å². The molecule has 0 bridgehead atoms. The van der Waals surface area contributed by atoms with E-state index in [1.807, 2.05) is 0 Å². The zero-order valence-corrected chi connectivity index (χ0v) is 13.2. The molecule has 0 saturated carbocycles. The SMILES string of the molecule is COc1ccc(C(=O)/C=C/c2cccc([N+](=O)[O-])c2)cc1Br. The molecule has 0 radical (unpaired) electrons. The van der Waals surface area contributed by atoms with Gasteiger partial charge in [-0.15, -0.1) is 0 Å². The van der Waals surface area contributed by atoms with Gasteiger partial charge in [0.05, 0.1) is 16.5 Å². The third kappa shape index (κ3) is 3.79. The molecule has 2 aromatic carbocycles. The first-order chi connectivity index (χ1) is 10.5. The Bertz CT molecular complexity index is 756. The van der Waals surface area contributed by atoms with E-state index in [1.54, 1.807) is 43.5 Å². The van der Waals surface area contributed by atoms with Crippen LogP contribution in [-0.4, -0.2) is 17.8 Å². The van der Waals surface area contributed by atoms with E-state index in [-0.39, 0.29) is 11.5 Å². The number of rotatable bonds is 5. The molecule has 0 aliphatic heterocycles. The van der Waals surface area contributed by atoms with Crippen molar-refractivity contribution in [1.82, 2.24) is 0 Å². The minimum absolute atomic E-state index is 0.0122. The van der Waals surface area contributed by atoms with Crippen LogP contribution in [0.1, 0.15) is 15.9 Å². The van der Waals surface area contributed by atoms with E-state index < -0.39 is 4.92 Å². The molecule has 2 rings (SSSR count).